The monoisotopic (exact) mass is 552 g/mol. The van der Waals surface area contributed by atoms with Crippen LogP contribution in [0.5, 0.6) is 0 Å². The van der Waals surface area contributed by atoms with Crippen LogP contribution < -0.4 is 0 Å². The van der Waals surface area contributed by atoms with Crippen LogP contribution in [0.2, 0.25) is 0 Å². The van der Waals surface area contributed by atoms with Crippen molar-refractivity contribution in [2.24, 2.45) is 46.3 Å². The number of fused-ring (bicyclic) bond motifs is 5. The molecule has 10 unspecified atom stereocenters. The normalized spacial score (nSPS) is 43.7. The molecule has 0 aliphatic heterocycles. The summed E-state index contributed by atoms with van der Waals surface area (Å²) < 4.78 is 60.2. The van der Waals surface area contributed by atoms with E-state index in [4.69, 9.17) is 4.55 Å². The lowest BCUT2D eigenvalue weighted by Gasteiger charge is -2.63. The molecule has 0 radical (unpaired) electrons. The summed E-state index contributed by atoms with van der Waals surface area (Å²) in [6, 6.07) is 0. The molecule has 4 fully saturated rings. The number of aliphatic hydroxyl groups excluding tert-OH is 2. The smallest absolute Gasteiger partial charge is 0.393 e. The summed E-state index contributed by atoms with van der Waals surface area (Å²) in [4.78, 5) is 12.1. The fourth-order valence-corrected chi connectivity index (χ4v) is 10.3. The first-order valence-electron chi connectivity index (χ1n) is 13.1. The third kappa shape index (κ3) is 5.10. The molecule has 4 aliphatic rings. The Kier molecular flexibility index (Phi) is 7.64. The summed E-state index contributed by atoms with van der Waals surface area (Å²) in [5, 5.41) is 22.9. The third-order valence-electron chi connectivity index (χ3n) is 10.6. The SMILES string of the molecule is CC(CCC(=O)OS(=O)(=O)OS(=O)(=O)O)C1CCC2C3C(O)CC4CCCCC4(C)C3CC(O)C12C. The van der Waals surface area contributed by atoms with E-state index in [1.807, 2.05) is 6.92 Å². The minimum Gasteiger partial charge on any atom is -0.393 e. The van der Waals surface area contributed by atoms with Crippen molar-refractivity contribution in [3.8, 4) is 0 Å². The van der Waals surface area contributed by atoms with E-state index in [9.17, 15) is 31.8 Å². The number of rotatable bonds is 7. The molecule has 36 heavy (non-hydrogen) atoms. The molecule has 3 N–H and O–H groups in total. The molecule has 4 aliphatic carbocycles. The second-order valence-electron chi connectivity index (χ2n) is 12.2. The molecule has 0 aromatic heterocycles. The predicted molar refractivity (Wildman–Crippen MR) is 129 cm³/mol. The first kappa shape index (κ1) is 28.2. The fourth-order valence-electron chi connectivity index (χ4n) is 9.01. The van der Waals surface area contributed by atoms with Crippen LogP contribution in [0.4, 0.5) is 0 Å². The van der Waals surface area contributed by atoms with E-state index in [0.717, 1.165) is 32.1 Å². The Morgan fingerprint density at radius 1 is 1.03 bits per heavy atom. The topological polar surface area (TPSA) is 164 Å². The number of carbonyl (C=O) groups is 1. The molecule has 0 bridgehead atoms. The quantitative estimate of drug-likeness (QED) is 0.400. The molecule has 0 aromatic rings. The zero-order valence-electron chi connectivity index (χ0n) is 21.2. The predicted octanol–water partition coefficient (Wildman–Crippen LogP) is 3.00. The van der Waals surface area contributed by atoms with Crippen LogP contribution in [0.25, 0.3) is 0 Å². The van der Waals surface area contributed by atoms with Gasteiger partial charge in [-0.3, -0.25) is 9.35 Å². The van der Waals surface area contributed by atoms with Gasteiger partial charge in [0.15, 0.2) is 0 Å². The van der Waals surface area contributed by atoms with Gasteiger partial charge in [0, 0.05) is 6.42 Å². The Bertz CT molecular complexity index is 1060. The molecular weight excluding hydrogens is 512 g/mol. The molecule has 10 nitrogen and oxygen atoms in total. The van der Waals surface area contributed by atoms with Crippen molar-refractivity contribution in [1.82, 2.24) is 0 Å². The fraction of sp³-hybridized carbons (Fsp3) is 0.958. The second kappa shape index (κ2) is 9.75. The molecule has 4 saturated carbocycles. The number of carbonyl (C=O) groups excluding carboxylic acids is 1. The van der Waals surface area contributed by atoms with Gasteiger partial charge in [-0.15, -0.1) is 0 Å². The van der Waals surface area contributed by atoms with Crippen LogP contribution in [-0.2, 0) is 33.4 Å². The van der Waals surface area contributed by atoms with E-state index in [2.05, 4.69) is 21.7 Å². The highest BCUT2D eigenvalue weighted by atomic mass is 32.3. The van der Waals surface area contributed by atoms with E-state index >= 15 is 0 Å². The van der Waals surface area contributed by atoms with Crippen LogP contribution in [-0.4, -0.2) is 49.8 Å². The Hall–Kier alpha value is -0.790. The zero-order valence-corrected chi connectivity index (χ0v) is 22.8. The van der Waals surface area contributed by atoms with E-state index in [1.54, 1.807) is 0 Å². The minimum atomic E-state index is -5.34. The first-order chi connectivity index (χ1) is 16.6. The standard InChI is InChI=1S/C24H40O10S2/c1-14(7-10-21(27)33-36(31,32)34-35(28,29)30)16-8-9-17-22-18(13-20(26)24(16,17)3)23(2)11-5-4-6-15(23)12-19(22)25/h14-20,22,25-26H,4-13H2,1-3H3,(H,28,29,30). The van der Waals surface area contributed by atoms with E-state index in [1.165, 1.54) is 12.8 Å². The largest absolute Gasteiger partial charge is 0.468 e. The van der Waals surface area contributed by atoms with Gasteiger partial charge in [0.2, 0.25) is 0 Å². The van der Waals surface area contributed by atoms with Gasteiger partial charge in [0.1, 0.15) is 0 Å². The Balaban J connectivity index is 1.45. The molecule has 208 valence electrons. The molecule has 0 spiro atoms. The van der Waals surface area contributed by atoms with Crippen LogP contribution in [0, 0.1) is 46.3 Å². The molecule has 10 atom stereocenters. The molecule has 12 heteroatoms. The Labute approximate surface area is 214 Å². The number of hydrogen-bond acceptors (Lipinski definition) is 9. The maximum absolute atomic E-state index is 12.1. The first-order valence-corrected chi connectivity index (χ1v) is 15.8. The molecule has 0 saturated heterocycles. The maximum Gasteiger partial charge on any atom is 0.468 e. The van der Waals surface area contributed by atoms with Gasteiger partial charge in [0.25, 0.3) is 0 Å². The van der Waals surface area contributed by atoms with Gasteiger partial charge in [-0.05, 0) is 91.3 Å². The Morgan fingerprint density at radius 2 is 1.72 bits per heavy atom. The highest BCUT2D eigenvalue weighted by molar-refractivity contribution is 7.95. The van der Waals surface area contributed by atoms with Crippen LogP contribution in [0.1, 0.15) is 85.0 Å². The van der Waals surface area contributed by atoms with Crippen molar-refractivity contribution in [3.05, 3.63) is 0 Å². The summed E-state index contributed by atoms with van der Waals surface area (Å²) in [6.07, 6.45) is 7.00. The minimum absolute atomic E-state index is 0.0531. The highest BCUT2D eigenvalue weighted by Crippen LogP contribution is 2.68. The van der Waals surface area contributed by atoms with Crippen LogP contribution in [0.15, 0.2) is 0 Å². The van der Waals surface area contributed by atoms with Crippen molar-refractivity contribution in [1.29, 1.82) is 0 Å². The molecule has 0 aromatic carbocycles. The third-order valence-corrected chi connectivity index (χ3v) is 12.4. The number of hydrogen-bond donors (Lipinski definition) is 3. The summed E-state index contributed by atoms with van der Waals surface area (Å²) in [5.74, 6) is -0.0670. The van der Waals surface area contributed by atoms with E-state index in [-0.39, 0.29) is 54.0 Å². The summed E-state index contributed by atoms with van der Waals surface area (Å²) in [6.45, 7) is 6.44. The summed E-state index contributed by atoms with van der Waals surface area (Å²) in [5.41, 5.74) is -0.281. The summed E-state index contributed by atoms with van der Waals surface area (Å²) >= 11 is 0. The number of aliphatic hydroxyl groups is 2. The van der Waals surface area contributed by atoms with E-state index < -0.39 is 38.3 Å². The lowest BCUT2D eigenvalue weighted by molar-refractivity contribution is -0.201. The van der Waals surface area contributed by atoms with Crippen molar-refractivity contribution in [2.75, 3.05) is 0 Å². The van der Waals surface area contributed by atoms with Crippen molar-refractivity contribution in [2.45, 2.75) is 97.2 Å². The molecule has 0 heterocycles. The van der Waals surface area contributed by atoms with Crippen molar-refractivity contribution >= 4 is 26.8 Å². The molecular formula is C24H40O10S2. The molecule has 0 amide bonds. The maximum atomic E-state index is 12.1. The lowest BCUT2D eigenvalue weighted by atomic mass is 9.43. The van der Waals surface area contributed by atoms with Crippen molar-refractivity contribution in [3.63, 3.8) is 0 Å². The van der Waals surface area contributed by atoms with Gasteiger partial charge in [-0.1, -0.05) is 37.2 Å². The van der Waals surface area contributed by atoms with Gasteiger partial charge in [0.05, 0.1) is 12.2 Å². The molecule has 4 rings (SSSR count). The van der Waals surface area contributed by atoms with Gasteiger partial charge in [-0.2, -0.15) is 16.8 Å². The van der Waals surface area contributed by atoms with Gasteiger partial charge >= 0.3 is 26.8 Å². The van der Waals surface area contributed by atoms with Crippen LogP contribution in [0.3, 0.4) is 0 Å². The van der Waals surface area contributed by atoms with Crippen LogP contribution >= 0.6 is 0 Å². The highest BCUT2D eigenvalue weighted by Gasteiger charge is 2.65. The van der Waals surface area contributed by atoms with E-state index in [0.29, 0.717) is 12.3 Å². The average molecular weight is 553 g/mol. The second-order valence-corrected chi connectivity index (χ2v) is 14.6. The average Bonchev–Trinajstić information content (AvgIpc) is 3.09. The van der Waals surface area contributed by atoms with Gasteiger partial charge in [-0.25, -0.2) is 0 Å². The zero-order chi connectivity index (χ0) is 26.7. The van der Waals surface area contributed by atoms with Crippen molar-refractivity contribution < 1.29 is 44.2 Å². The Morgan fingerprint density at radius 3 is 2.39 bits per heavy atom. The van der Waals surface area contributed by atoms with Gasteiger partial charge < -0.3 is 14.4 Å². The lowest BCUT2D eigenvalue weighted by Crippen LogP contribution is -2.61. The summed E-state index contributed by atoms with van der Waals surface area (Å²) in [7, 11) is -10.6.